The summed E-state index contributed by atoms with van der Waals surface area (Å²) in [7, 11) is 0. The van der Waals surface area contributed by atoms with Crippen molar-refractivity contribution in [3.8, 4) is 23.1 Å². The number of aliphatic imine (C=N–C) groups is 1. The largest absolute Gasteiger partial charge is 0.573 e. The Kier molecular flexibility index (Phi) is 5.22. The van der Waals surface area contributed by atoms with Crippen molar-refractivity contribution in [1.82, 2.24) is 5.16 Å². The van der Waals surface area contributed by atoms with Crippen LogP contribution in [0.15, 0.2) is 64.1 Å². The first-order valence-corrected chi connectivity index (χ1v) is 7.78. The van der Waals surface area contributed by atoms with Gasteiger partial charge < -0.3 is 9.26 Å². The Hall–Kier alpha value is -3.60. The Morgan fingerprint density at radius 1 is 1.15 bits per heavy atom. The molecule has 1 aromatic heterocycles. The maximum absolute atomic E-state index is 12.3. The molecule has 0 saturated heterocycles. The Morgan fingerprint density at radius 2 is 1.93 bits per heavy atom. The number of hydrogen-bond acceptors (Lipinski definition) is 5. The van der Waals surface area contributed by atoms with Crippen LogP contribution in [0.5, 0.6) is 5.75 Å². The number of nitriles is 1. The summed E-state index contributed by atoms with van der Waals surface area (Å²) in [4.78, 5) is 4.08. The molecule has 3 aromatic rings. The van der Waals surface area contributed by atoms with Crippen molar-refractivity contribution in [3.63, 3.8) is 0 Å². The molecule has 2 aromatic carbocycles. The first kappa shape index (κ1) is 18.2. The van der Waals surface area contributed by atoms with Gasteiger partial charge in [0, 0.05) is 24.3 Å². The fourth-order valence-corrected chi connectivity index (χ4v) is 2.37. The van der Waals surface area contributed by atoms with Gasteiger partial charge in [-0.1, -0.05) is 41.6 Å². The zero-order valence-electron chi connectivity index (χ0n) is 13.8. The highest BCUT2D eigenvalue weighted by atomic mass is 19.4. The van der Waals surface area contributed by atoms with Gasteiger partial charge >= 0.3 is 6.36 Å². The summed E-state index contributed by atoms with van der Waals surface area (Å²) in [5.74, 6) is -0.0382. The van der Waals surface area contributed by atoms with Crippen LogP contribution in [0.1, 0.15) is 11.3 Å². The average Bonchev–Trinajstić information content (AvgIpc) is 3.04. The lowest BCUT2D eigenvalue weighted by molar-refractivity contribution is -0.274. The third-order valence-electron chi connectivity index (χ3n) is 3.49. The van der Waals surface area contributed by atoms with E-state index in [1.165, 1.54) is 24.4 Å². The number of ether oxygens (including phenoxy) is 1. The van der Waals surface area contributed by atoms with Crippen LogP contribution in [-0.2, 0) is 6.42 Å². The molecule has 8 heteroatoms. The van der Waals surface area contributed by atoms with E-state index < -0.39 is 6.36 Å². The quantitative estimate of drug-likeness (QED) is 0.588. The van der Waals surface area contributed by atoms with E-state index in [0.29, 0.717) is 17.0 Å². The van der Waals surface area contributed by atoms with Crippen LogP contribution < -0.4 is 4.74 Å². The number of halogens is 3. The van der Waals surface area contributed by atoms with Gasteiger partial charge in [0.05, 0.1) is 5.69 Å². The van der Waals surface area contributed by atoms with Gasteiger partial charge in [-0.25, -0.2) is 0 Å². The molecule has 0 saturated carbocycles. The molecule has 136 valence electrons. The van der Waals surface area contributed by atoms with E-state index >= 15 is 0 Å². The van der Waals surface area contributed by atoms with Crippen molar-refractivity contribution in [2.24, 2.45) is 4.99 Å². The molecule has 0 aliphatic carbocycles. The van der Waals surface area contributed by atoms with Crippen molar-refractivity contribution >= 4 is 11.9 Å². The number of nitrogens with zero attached hydrogens (tertiary/aromatic N) is 3. The molecule has 0 fully saturated rings. The van der Waals surface area contributed by atoms with Gasteiger partial charge in [0.25, 0.3) is 0 Å². The second-order valence-corrected chi connectivity index (χ2v) is 5.37. The third-order valence-corrected chi connectivity index (χ3v) is 3.49. The van der Waals surface area contributed by atoms with E-state index in [2.05, 4.69) is 21.0 Å². The lowest BCUT2D eigenvalue weighted by atomic mass is 10.1. The predicted molar refractivity (Wildman–Crippen MR) is 91.6 cm³/mol. The summed E-state index contributed by atoms with van der Waals surface area (Å²) in [6.45, 7) is 0. The van der Waals surface area contributed by atoms with Crippen LogP contribution in [-0.4, -0.2) is 17.7 Å². The number of rotatable bonds is 5. The molecule has 0 radical (unpaired) electrons. The van der Waals surface area contributed by atoms with Crippen molar-refractivity contribution in [2.75, 3.05) is 0 Å². The van der Waals surface area contributed by atoms with Gasteiger partial charge in [0.2, 0.25) is 0 Å². The summed E-state index contributed by atoms with van der Waals surface area (Å²) >= 11 is 0. The van der Waals surface area contributed by atoms with Gasteiger partial charge in [-0.3, -0.25) is 4.99 Å². The summed E-state index contributed by atoms with van der Waals surface area (Å²) in [6, 6.07) is 16.4. The van der Waals surface area contributed by atoms with Gasteiger partial charge in [-0.15, -0.1) is 13.2 Å². The summed E-state index contributed by atoms with van der Waals surface area (Å²) in [5.41, 5.74) is 1.75. The van der Waals surface area contributed by atoms with Gasteiger partial charge in [-0.2, -0.15) is 5.26 Å². The molecule has 5 nitrogen and oxygen atoms in total. The predicted octanol–water partition coefficient (Wildman–Crippen LogP) is 5.06. The molecule has 0 unspecified atom stereocenters. The number of alkyl halides is 3. The van der Waals surface area contributed by atoms with Crippen molar-refractivity contribution in [2.45, 2.75) is 12.8 Å². The van der Waals surface area contributed by atoms with Crippen molar-refractivity contribution in [3.05, 3.63) is 65.9 Å². The van der Waals surface area contributed by atoms with Crippen LogP contribution in [0.25, 0.3) is 11.3 Å². The normalized spacial score (nSPS) is 11.5. The molecule has 0 amide bonds. The molecule has 27 heavy (non-hydrogen) atoms. The number of hydrogen-bond donors (Lipinski definition) is 0. The molecule has 0 aliphatic heterocycles. The molecular weight excluding hydrogens is 359 g/mol. The topological polar surface area (TPSA) is 71.4 Å². The van der Waals surface area contributed by atoms with Crippen LogP contribution >= 0.6 is 0 Å². The fourth-order valence-electron chi connectivity index (χ4n) is 2.37. The second kappa shape index (κ2) is 7.74. The van der Waals surface area contributed by atoms with Crippen molar-refractivity contribution in [1.29, 1.82) is 5.26 Å². The van der Waals surface area contributed by atoms with E-state index in [1.807, 2.05) is 30.3 Å². The minimum atomic E-state index is -4.77. The van der Waals surface area contributed by atoms with Crippen molar-refractivity contribution < 1.29 is 22.4 Å². The molecule has 0 spiro atoms. The highest BCUT2D eigenvalue weighted by Gasteiger charge is 2.31. The Balaban J connectivity index is 1.75. The van der Waals surface area contributed by atoms with E-state index in [-0.39, 0.29) is 17.9 Å². The van der Waals surface area contributed by atoms with E-state index in [1.54, 1.807) is 0 Å². The third kappa shape index (κ3) is 4.73. The number of benzene rings is 2. The highest BCUT2D eigenvalue weighted by Crippen LogP contribution is 2.27. The first-order valence-electron chi connectivity index (χ1n) is 7.78. The molecule has 3 rings (SSSR count). The summed E-state index contributed by atoms with van der Waals surface area (Å²) < 4.78 is 45.9. The van der Waals surface area contributed by atoms with Gasteiger partial charge in [0.15, 0.2) is 5.76 Å². The summed E-state index contributed by atoms with van der Waals surface area (Å²) in [5, 5.41) is 13.3. The van der Waals surface area contributed by atoms with Crippen LogP contribution in [0, 0.1) is 11.3 Å². The molecule has 1 heterocycles. The maximum atomic E-state index is 12.3. The Labute approximate surface area is 152 Å². The molecular formula is C19H12F3N3O2. The summed E-state index contributed by atoms with van der Waals surface area (Å²) in [6.07, 6.45) is -3.17. The minimum Gasteiger partial charge on any atom is -0.406 e. The lowest BCUT2D eigenvalue weighted by Gasteiger charge is -2.08. The molecule has 0 atom stereocenters. The zero-order chi connectivity index (χ0) is 19.3. The van der Waals surface area contributed by atoms with Gasteiger partial charge in [0.1, 0.15) is 23.1 Å². The zero-order valence-corrected chi connectivity index (χ0v) is 13.8. The second-order valence-electron chi connectivity index (χ2n) is 5.37. The molecule has 0 N–H and O–H groups in total. The SMILES string of the molecule is N#Cc1c(-c2ccccc2)noc1CC=Nc1cccc(OC(F)(F)F)c1. The molecule has 0 aliphatic rings. The highest BCUT2D eigenvalue weighted by molar-refractivity contribution is 5.71. The Bertz CT molecular complexity index is 989. The van der Waals surface area contributed by atoms with Crippen LogP contribution in [0.2, 0.25) is 0 Å². The van der Waals surface area contributed by atoms with Crippen LogP contribution in [0.3, 0.4) is 0 Å². The van der Waals surface area contributed by atoms with Crippen LogP contribution in [0.4, 0.5) is 18.9 Å². The average molecular weight is 371 g/mol. The Morgan fingerprint density at radius 3 is 2.63 bits per heavy atom. The maximum Gasteiger partial charge on any atom is 0.573 e. The standard InChI is InChI=1S/C19H12F3N3O2/c20-19(21,22)26-15-8-4-7-14(11-15)24-10-9-17-16(12-23)18(25-27-17)13-5-2-1-3-6-13/h1-8,10-11H,9H2. The lowest BCUT2D eigenvalue weighted by Crippen LogP contribution is -2.16. The number of aromatic nitrogens is 1. The minimum absolute atomic E-state index is 0.160. The van der Waals surface area contributed by atoms with E-state index in [9.17, 15) is 18.4 Å². The van der Waals surface area contributed by atoms with E-state index in [0.717, 1.165) is 11.6 Å². The monoisotopic (exact) mass is 371 g/mol. The fraction of sp³-hybridized carbons (Fsp3) is 0.105. The smallest absolute Gasteiger partial charge is 0.406 e. The molecule has 0 bridgehead atoms. The first-order chi connectivity index (χ1) is 13.0. The van der Waals surface area contributed by atoms with Gasteiger partial charge in [-0.05, 0) is 12.1 Å². The van der Waals surface area contributed by atoms with E-state index in [4.69, 9.17) is 4.52 Å².